The number of hydrogen-bond acceptors (Lipinski definition) is 3. The molecule has 4 heteroatoms. The Kier molecular flexibility index (Phi) is 4.26. The SMILES string of the molecule is O=C(OCc1ccccc1)C1CCC2C(Cc3ccccc3)C(=O)N12. The fourth-order valence-electron chi connectivity index (χ4n) is 3.97. The van der Waals surface area contributed by atoms with E-state index in [2.05, 4.69) is 12.1 Å². The molecule has 2 aromatic carbocycles. The van der Waals surface area contributed by atoms with Crippen LogP contribution in [0.3, 0.4) is 0 Å². The molecule has 0 saturated carbocycles. The highest BCUT2D eigenvalue weighted by Gasteiger charge is 2.55. The first-order chi connectivity index (χ1) is 12.2. The third kappa shape index (κ3) is 3.04. The Hall–Kier alpha value is -2.62. The summed E-state index contributed by atoms with van der Waals surface area (Å²) in [6.45, 7) is 0.260. The van der Waals surface area contributed by atoms with Gasteiger partial charge in [0.2, 0.25) is 5.91 Å². The summed E-state index contributed by atoms with van der Waals surface area (Å²) in [6, 6.07) is 19.5. The van der Waals surface area contributed by atoms with Gasteiger partial charge >= 0.3 is 5.97 Å². The standard InChI is InChI=1S/C21H21NO3/c23-20-17(13-15-7-3-1-4-8-15)18-11-12-19(22(18)20)21(24)25-14-16-9-5-2-6-10-16/h1-10,17-19H,11-14H2. The molecule has 2 aromatic rings. The third-order valence-electron chi connectivity index (χ3n) is 5.26. The van der Waals surface area contributed by atoms with Gasteiger partial charge < -0.3 is 9.64 Å². The first-order valence-corrected chi connectivity index (χ1v) is 8.80. The second-order valence-electron chi connectivity index (χ2n) is 6.80. The van der Waals surface area contributed by atoms with Crippen LogP contribution in [-0.2, 0) is 27.4 Å². The van der Waals surface area contributed by atoms with Gasteiger partial charge in [0.05, 0.1) is 5.92 Å². The van der Waals surface area contributed by atoms with Crippen molar-refractivity contribution >= 4 is 11.9 Å². The summed E-state index contributed by atoms with van der Waals surface area (Å²) in [5.74, 6) is -0.180. The minimum absolute atomic E-state index is 0.00863. The van der Waals surface area contributed by atoms with Crippen LogP contribution in [0.5, 0.6) is 0 Å². The van der Waals surface area contributed by atoms with Gasteiger partial charge in [-0.15, -0.1) is 0 Å². The highest BCUT2D eigenvalue weighted by atomic mass is 16.5. The topological polar surface area (TPSA) is 46.6 Å². The monoisotopic (exact) mass is 335 g/mol. The van der Waals surface area contributed by atoms with Crippen molar-refractivity contribution in [2.24, 2.45) is 5.92 Å². The van der Waals surface area contributed by atoms with Crippen molar-refractivity contribution < 1.29 is 14.3 Å². The zero-order valence-corrected chi connectivity index (χ0v) is 14.0. The maximum Gasteiger partial charge on any atom is 0.329 e. The summed E-state index contributed by atoms with van der Waals surface area (Å²) in [5.41, 5.74) is 2.14. The first kappa shape index (κ1) is 15.9. The van der Waals surface area contributed by atoms with Gasteiger partial charge in [0.25, 0.3) is 0 Å². The molecular weight excluding hydrogens is 314 g/mol. The van der Waals surface area contributed by atoms with Gasteiger partial charge in [-0.3, -0.25) is 4.79 Å². The van der Waals surface area contributed by atoms with E-state index in [1.165, 1.54) is 5.56 Å². The second-order valence-corrected chi connectivity index (χ2v) is 6.80. The van der Waals surface area contributed by atoms with Gasteiger partial charge in [0.15, 0.2) is 0 Å². The third-order valence-corrected chi connectivity index (χ3v) is 5.26. The van der Waals surface area contributed by atoms with Crippen LogP contribution >= 0.6 is 0 Å². The fourth-order valence-corrected chi connectivity index (χ4v) is 3.97. The average molecular weight is 335 g/mol. The number of β-lactam (4-membered cyclic amide) rings is 1. The molecule has 0 radical (unpaired) electrons. The van der Waals surface area contributed by atoms with Crippen molar-refractivity contribution in [3.63, 3.8) is 0 Å². The van der Waals surface area contributed by atoms with Crippen LogP contribution < -0.4 is 0 Å². The summed E-state index contributed by atoms with van der Waals surface area (Å²) < 4.78 is 5.43. The van der Waals surface area contributed by atoms with Crippen molar-refractivity contribution in [3.8, 4) is 0 Å². The molecule has 2 saturated heterocycles. The molecule has 4 nitrogen and oxygen atoms in total. The van der Waals surface area contributed by atoms with E-state index < -0.39 is 6.04 Å². The number of nitrogens with zero attached hydrogens (tertiary/aromatic N) is 1. The molecule has 25 heavy (non-hydrogen) atoms. The number of esters is 1. The lowest BCUT2D eigenvalue weighted by Crippen LogP contribution is -2.62. The van der Waals surface area contributed by atoms with Crippen molar-refractivity contribution in [1.82, 2.24) is 4.90 Å². The van der Waals surface area contributed by atoms with Crippen LogP contribution in [-0.4, -0.2) is 28.9 Å². The van der Waals surface area contributed by atoms with E-state index in [1.807, 2.05) is 48.5 Å². The van der Waals surface area contributed by atoms with E-state index in [-0.39, 0.29) is 30.4 Å². The van der Waals surface area contributed by atoms with Gasteiger partial charge in [-0.2, -0.15) is 0 Å². The Balaban J connectivity index is 1.35. The molecule has 0 aromatic heterocycles. The molecule has 2 heterocycles. The normalized spacial score (nSPS) is 24.6. The quantitative estimate of drug-likeness (QED) is 0.623. The molecule has 0 aliphatic carbocycles. The number of rotatable bonds is 5. The molecule has 0 N–H and O–H groups in total. The van der Waals surface area contributed by atoms with Gasteiger partial charge in [-0.25, -0.2) is 4.79 Å². The largest absolute Gasteiger partial charge is 0.459 e. The Morgan fingerprint density at radius 2 is 1.60 bits per heavy atom. The van der Waals surface area contributed by atoms with E-state index in [1.54, 1.807) is 4.90 Å². The summed E-state index contributed by atoms with van der Waals surface area (Å²) in [5, 5.41) is 0. The van der Waals surface area contributed by atoms with Crippen molar-refractivity contribution in [2.75, 3.05) is 0 Å². The van der Waals surface area contributed by atoms with Crippen molar-refractivity contribution in [1.29, 1.82) is 0 Å². The summed E-state index contributed by atoms with van der Waals surface area (Å²) >= 11 is 0. The van der Waals surface area contributed by atoms with Crippen LogP contribution in [0.25, 0.3) is 0 Å². The van der Waals surface area contributed by atoms with E-state index in [9.17, 15) is 9.59 Å². The minimum atomic E-state index is -0.409. The predicted octanol–water partition coefficient (Wildman–Crippen LogP) is 2.96. The number of carbonyl (C=O) groups is 2. The molecule has 2 aliphatic heterocycles. The summed E-state index contributed by atoms with van der Waals surface area (Å²) in [6.07, 6.45) is 2.34. The average Bonchev–Trinajstić information content (AvgIpc) is 3.06. The molecule has 0 spiro atoms. The molecule has 2 aliphatic rings. The van der Waals surface area contributed by atoms with Crippen LogP contribution in [0.1, 0.15) is 24.0 Å². The Morgan fingerprint density at radius 3 is 2.28 bits per heavy atom. The number of hydrogen-bond donors (Lipinski definition) is 0. The molecule has 3 unspecified atom stereocenters. The molecule has 4 rings (SSSR count). The molecule has 0 bridgehead atoms. The van der Waals surface area contributed by atoms with E-state index in [0.717, 1.165) is 18.4 Å². The van der Waals surface area contributed by atoms with Crippen LogP contribution in [0, 0.1) is 5.92 Å². The number of benzene rings is 2. The zero-order valence-electron chi connectivity index (χ0n) is 14.0. The lowest BCUT2D eigenvalue weighted by atomic mass is 9.83. The van der Waals surface area contributed by atoms with Crippen LogP contribution in [0.4, 0.5) is 0 Å². The summed E-state index contributed by atoms with van der Waals surface area (Å²) in [4.78, 5) is 26.7. The molecule has 1 amide bonds. The predicted molar refractivity (Wildman–Crippen MR) is 93.5 cm³/mol. The first-order valence-electron chi connectivity index (χ1n) is 8.80. The Labute approximate surface area is 147 Å². The molecular formula is C21H21NO3. The van der Waals surface area contributed by atoms with E-state index >= 15 is 0 Å². The summed E-state index contributed by atoms with van der Waals surface area (Å²) in [7, 11) is 0. The minimum Gasteiger partial charge on any atom is -0.459 e. The number of ether oxygens (including phenoxy) is 1. The lowest BCUT2D eigenvalue weighted by Gasteiger charge is -2.45. The smallest absolute Gasteiger partial charge is 0.329 e. The lowest BCUT2D eigenvalue weighted by molar-refractivity contribution is -0.167. The highest BCUT2D eigenvalue weighted by molar-refractivity contribution is 5.92. The second kappa shape index (κ2) is 6.71. The van der Waals surface area contributed by atoms with Crippen LogP contribution in [0.15, 0.2) is 60.7 Å². The molecule has 2 fully saturated rings. The maximum atomic E-state index is 12.6. The molecule has 128 valence electrons. The van der Waals surface area contributed by atoms with Gasteiger partial charge in [0.1, 0.15) is 12.6 Å². The fraction of sp³-hybridized carbons (Fsp3) is 0.333. The van der Waals surface area contributed by atoms with Crippen molar-refractivity contribution in [3.05, 3.63) is 71.8 Å². The van der Waals surface area contributed by atoms with Gasteiger partial charge in [-0.1, -0.05) is 60.7 Å². The Bertz CT molecular complexity index is 751. The Morgan fingerprint density at radius 1 is 0.960 bits per heavy atom. The van der Waals surface area contributed by atoms with E-state index in [4.69, 9.17) is 4.74 Å². The van der Waals surface area contributed by atoms with Gasteiger partial charge in [0, 0.05) is 6.04 Å². The molecule has 3 atom stereocenters. The number of amides is 1. The van der Waals surface area contributed by atoms with E-state index in [0.29, 0.717) is 6.42 Å². The zero-order chi connectivity index (χ0) is 17.2. The maximum absolute atomic E-state index is 12.6. The van der Waals surface area contributed by atoms with Crippen LogP contribution in [0.2, 0.25) is 0 Å². The number of carbonyl (C=O) groups excluding carboxylic acids is 2. The number of fused-ring (bicyclic) bond motifs is 1. The van der Waals surface area contributed by atoms with Gasteiger partial charge in [-0.05, 0) is 30.4 Å². The highest BCUT2D eigenvalue weighted by Crippen LogP contribution is 2.41. The van der Waals surface area contributed by atoms with Crippen molar-refractivity contribution in [2.45, 2.75) is 38.0 Å².